The van der Waals surface area contributed by atoms with Gasteiger partial charge in [0.2, 0.25) is 0 Å². The second kappa shape index (κ2) is 11.7. The van der Waals surface area contributed by atoms with Crippen LogP contribution in [0.25, 0.3) is 0 Å². The summed E-state index contributed by atoms with van der Waals surface area (Å²) in [5, 5.41) is 0. The van der Waals surface area contributed by atoms with Crippen LogP contribution in [0.2, 0.25) is 0 Å². The largest absolute Gasteiger partial charge is 0.465 e. The molecule has 0 spiro atoms. The standard InChI is InChI=1S/C16H30O4/c1-5-8-11-19-15(17)14(13(4)10-7-3)16(18)20-12-9-6-2/h13-14H,5-12H2,1-4H3. The predicted octanol–water partition coefficient (Wildman–Crippen LogP) is 3.73. The van der Waals surface area contributed by atoms with E-state index in [1.54, 1.807) is 0 Å². The zero-order valence-electron chi connectivity index (χ0n) is 13.4. The van der Waals surface area contributed by atoms with E-state index in [-0.39, 0.29) is 5.92 Å². The number of ether oxygens (including phenoxy) is 2. The van der Waals surface area contributed by atoms with Crippen molar-refractivity contribution in [3.8, 4) is 0 Å². The van der Waals surface area contributed by atoms with Crippen LogP contribution < -0.4 is 0 Å². The third-order valence-electron chi connectivity index (χ3n) is 3.31. The summed E-state index contributed by atoms with van der Waals surface area (Å²) in [6.07, 6.45) is 5.32. The zero-order chi connectivity index (χ0) is 15.4. The first-order valence-corrected chi connectivity index (χ1v) is 7.91. The molecule has 0 bridgehead atoms. The molecule has 0 aliphatic carbocycles. The zero-order valence-corrected chi connectivity index (χ0v) is 13.4. The molecule has 0 aromatic heterocycles. The van der Waals surface area contributed by atoms with Gasteiger partial charge in [-0.15, -0.1) is 0 Å². The maximum Gasteiger partial charge on any atom is 0.320 e. The number of esters is 2. The van der Waals surface area contributed by atoms with Crippen molar-refractivity contribution >= 4 is 11.9 Å². The third kappa shape index (κ3) is 7.51. The summed E-state index contributed by atoms with van der Waals surface area (Å²) in [6, 6.07) is 0. The first kappa shape index (κ1) is 18.9. The molecule has 1 atom stereocenters. The van der Waals surface area contributed by atoms with E-state index < -0.39 is 17.9 Å². The quantitative estimate of drug-likeness (QED) is 0.330. The fourth-order valence-corrected chi connectivity index (χ4v) is 2.00. The lowest BCUT2D eigenvalue weighted by molar-refractivity contribution is -0.165. The SMILES string of the molecule is CCCCOC(=O)C(C(=O)OCCCC)C(C)CCC. The van der Waals surface area contributed by atoms with Gasteiger partial charge in [0, 0.05) is 0 Å². The molecule has 0 heterocycles. The highest BCUT2D eigenvalue weighted by atomic mass is 16.6. The topological polar surface area (TPSA) is 52.6 Å². The van der Waals surface area contributed by atoms with Crippen LogP contribution in [0, 0.1) is 11.8 Å². The molecule has 0 fully saturated rings. The average Bonchev–Trinajstić information content (AvgIpc) is 2.40. The molecule has 0 saturated heterocycles. The Morgan fingerprint density at radius 2 is 1.30 bits per heavy atom. The molecular weight excluding hydrogens is 256 g/mol. The Labute approximate surface area is 123 Å². The molecule has 0 amide bonds. The second-order valence-corrected chi connectivity index (χ2v) is 5.29. The van der Waals surface area contributed by atoms with Gasteiger partial charge in [0.05, 0.1) is 13.2 Å². The van der Waals surface area contributed by atoms with Crippen LogP contribution in [-0.2, 0) is 19.1 Å². The lowest BCUT2D eigenvalue weighted by Crippen LogP contribution is -2.33. The van der Waals surface area contributed by atoms with Crippen LogP contribution in [-0.4, -0.2) is 25.2 Å². The van der Waals surface area contributed by atoms with E-state index >= 15 is 0 Å². The minimum absolute atomic E-state index is 0.0387. The summed E-state index contributed by atoms with van der Waals surface area (Å²) < 4.78 is 10.4. The summed E-state index contributed by atoms with van der Waals surface area (Å²) >= 11 is 0. The van der Waals surface area contributed by atoms with Gasteiger partial charge in [-0.25, -0.2) is 0 Å². The van der Waals surface area contributed by atoms with Crippen LogP contribution in [0.5, 0.6) is 0 Å². The van der Waals surface area contributed by atoms with Gasteiger partial charge >= 0.3 is 11.9 Å². The van der Waals surface area contributed by atoms with Gasteiger partial charge in [0.25, 0.3) is 0 Å². The molecule has 0 aromatic rings. The molecule has 0 aromatic carbocycles. The highest BCUT2D eigenvalue weighted by Gasteiger charge is 2.34. The normalized spacial score (nSPS) is 12.2. The molecule has 0 N–H and O–H groups in total. The Morgan fingerprint density at radius 1 is 0.850 bits per heavy atom. The molecule has 20 heavy (non-hydrogen) atoms. The summed E-state index contributed by atoms with van der Waals surface area (Å²) in [5.41, 5.74) is 0. The smallest absolute Gasteiger partial charge is 0.320 e. The van der Waals surface area contributed by atoms with Crippen molar-refractivity contribution in [2.45, 2.75) is 66.2 Å². The van der Waals surface area contributed by atoms with Crippen molar-refractivity contribution < 1.29 is 19.1 Å². The first-order valence-electron chi connectivity index (χ1n) is 7.91. The molecule has 0 saturated carbocycles. The van der Waals surface area contributed by atoms with Gasteiger partial charge in [0.15, 0.2) is 5.92 Å². The minimum Gasteiger partial charge on any atom is -0.465 e. The Balaban J connectivity index is 4.53. The fourth-order valence-electron chi connectivity index (χ4n) is 2.00. The number of carbonyl (C=O) groups excluding carboxylic acids is 2. The van der Waals surface area contributed by atoms with Crippen molar-refractivity contribution in [2.24, 2.45) is 11.8 Å². The van der Waals surface area contributed by atoms with Gasteiger partial charge in [-0.3, -0.25) is 9.59 Å². The highest BCUT2D eigenvalue weighted by molar-refractivity contribution is 5.95. The van der Waals surface area contributed by atoms with Crippen molar-refractivity contribution in [2.75, 3.05) is 13.2 Å². The molecule has 1 unspecified atom stereocenters. The number of hydrogen-bond donors (Lipinski definition) is 0. The van der Waals surface area contributed by atoms with Gasteiger partial charge < -0.3 is 9.47 Å². The van der Waals surface area contributed by atoms with Crippen LogP contribution in [0.15, 0.2) is 0 Å². The molecule has 4 nitrogen and oxygen atoms in total. The Hall–Kier alpha value is -1.06. The number of rotatable bonds is 11. The van der Waals surface area contributed by atoms with Crippen molar-refractivity contribution in [1.29, 1.82) is 0 Å². The van der Waals surface area contributed by atoms with Crippen LogP contribution >= 0.6 is 0 Å². The van der Waals surface area contributed by atoms with Crippen molar-refractivity contribution in [1.82, 2.24) is 0 Å². The van der Waals surface area contributed by atoms with Crippen LogP contribution in [0.3, 0.4) is 0 Å². The first-order chi connectivity index (χ1) is 9.58. The summed E-state index contributed by atoms with van der Waals surface area (Å²) in [6.45, 7) is 8.78. The minimum atomic E-state index is -0.774. The van der Waals surface area contributed by atoms with Crippen LogP contribution in [0.4, 0.5) is 0 Å². The monoisotopic (exact) mass is 286 g/mol. The van der Waals surface area contributed by atoms with Gasteiger partial charge in [0.1, 0.15) is 0 Å². The van der Waals surface area contributed by atoms with Crippen molar-refractivity contribution in [3.05, 3.63) is 0 Å². The van der Waals surface area contributed by atoms with Crippen LogP contribution in [0.1, 0.15) is 66.2 Å². The van der Waals surface area contributed by atoms with E-state index in [2.05, 4.69) is 0 Å². The lowest BCUT2D eigenvalue weighted by atomic mass is 9.90. The Morgan fingerprint density at radius 3 is 1.65 bits per heavy atom. The maximum atomic E-state index is 12.1. The third-order valence-corrected chi connectivity index (χ3v) is 3.31. The predicted molar refractivity (Wildman–Crippen MR) is 79.3 cm³/mol. The Bertz CT molecular complexity index is 254. The molecule has 118 valence electrons. The van der Waals surface area contributed by atoms with E-state index in [1.165, 1.54) is 0 Å². The molecular formula is C16H30O4. The van der Waals surface area contributed by atoms with E-state index in [4.69, 9.17) is 9.47 Å². The summed E-state index contributed by atoms with van der Waals surface area (Å²) in [7, 11) is 0. The molecule has 0 aliphatic heterocycles. The molecule has 0 aliphatic rings. The van der Waals surface area contributed by atoms with E-state index in [0.29, 0.717) is 13.2 Å². The van der Waals surface area contributed by atoms with Gasteiger partial charge in [-0.1, -0.05) is 47.0 Å². The molecule has 0 rings (SSSR count). The van der Waals surface area contributed by atoms with Gasteiger partial charge in [-0.05, 0) is 25.2 Å². The summed E-state index contributed by atoms with van der Waals surface area (Å²) in [5.74, 6) is -1.67. The molecule has 0 radical (unpaired) electrons. The highest BCUT2D eigenvalue weighted by Crippen LogP contribution is 2.21. The van der Waals surface area contributed by atoms with E-state index in [0.717, 1.165) is 38.5 Å². The number of carbonyl (C=O) groups is 2. The summed E-state index contributed by atoms with van der Waals surface area (Å²) in [4.78, 5) is 24.2. The maximum absolute atomic E-state index is 12.1. The lowest BCUT2D eigenvalue weighted by Gasteiger charge is -2.20. The van der Waals surface area contributed by atoms with E-state index in [9.17, 15) is 9.59 Å². The fraction of sp³-hybridized carbons (Fsp3) is 0.875. The van der Waals surface area contributed by atoms with Crippen molar-refractivity contribution in [3.63, 3.8) is 0 Å². The molecule has 4 heteroatoms. The second-order valence-electron chi connectivity index (χ2n) is 5.29. The van der Waals surface area contributed by atoms with Gasteiger partial charge in [-0.2, -0.15) is 0 Å². The number of hydrogen-bond acceptors (Lipinski definition) is 4. The average molecular weight is 286 g/mol. The van der Waals surface area contributed by atoms with E-state index in [1.807, 2.05) is 27.7 Å². The number of unbranched alkanes of at least 4 members (excludes halogenated alkanes) is 2. The Kier molecular flexibility index (Phi) is 11.1.